The van der Waals surface area contributed by atoms with Crippen LogP contribution in [0.25, 0.3) is 0 Å². The summed E-state index contributed by atoms with van der Waals surface area (Å²) in [7, 11) is 0. The molecule has 0 N–H and O–H groups in total. The van der Waals surface area contributed by atoms with E-state index in [-0.39, 0.29) is 10.7 Å². The Bertz CT molecular complexity index is 1010. The van der Waals surface area contributed by atoms with Gasteiger partial charge in [0.15, 0.2) is 5.11 Å². The van der Waals surface area contributed by atoms with Crippen molar-refractivity contribution in [3.63, 3.8) is 0 Å². The molecule has 9 heteroatoms. The summed E-state index contributed by atoms with van der Waals surface area (Å²) >= 11 is 5.28. The van der Waals surface area contributed by atoms with Crippen LogP contribution >= 0.6 is 12.2 Å². The molecule has 0 radical (unpaired) electrons. The molecule has 0 atom stereocenters. The van der Waals surface area contributed by atoms with Gasteiger partial charge in [-0.2, -0.15) is 13.2 Å². The molecule has 0 saturated carbocycles. The second-order valence-electron chi connectivity index (χ2n) is 7.17. The van der Waals surface area contributed by atoms with Gasteiger partial charge in [0.2, 0.25) is 0 Å². The highest BCUT2D eigenvalue weighted by atomic mass is 32.1. The van der Waals surface area contributed by atoms with Gasteiger partial charge in [0, 0.05) is 30.2 Å². The predicted molar refractivity (Wildman–Crippen MR) is 116 cm³/mol. The molecule has 1 aromatic carbocycles. The Hall–Kier alpha value is -2.94. The Morgan fingerprint density at radius 3 is 1.90 bits per heavy atom. The zero-order valence-corrected chi connectivity index (χ0v) is 18.4. The average molecular weight is 449 g/mol. The third kappa shape index (κ3) is 4.01. The average Bonchev–Trinajstić information content (AvgIpc) is 2.68. The van der Waals surface area contributed by atoms with Crippen LogP contribution in [0.15, 0.2) is 59.0 Å². The van der Waals surface area contributed by atoms with Crippen molar-refractivity contribution in [2.45, 2.75) is 33.9 Å². The van der Waals surface area contributed by atoms with Crippen LogP contribution in [0.5, 0.6) is 0 Å². The SMILES string of the molecule is CCN1C(=O)C(=C2C=C(C)N(c3cccc(C(F)(F)F)c3)C(C)=C2)C(=O)N(CC)C1=S. The van der Waals surface area contributed by atoms with Gasteiger partial charge in [0.05, 0.1) is 5.56 Å². The number of hydrogen-bond donors (Lipinski definition) is 0. The highest BCUT2D eigenvalue weighted by molar-refractivity contribution is 7.80. The number of halogens is 3. The maximum Gasteiger partial charge on any atom is 0.416 e. The van der Waals surface area contributed by atoms with Crippen LogP contribution in [0.4, 0.5) is 18.9 Å². The number of rotatable bonds is 3. The van der Waals surface area contributed by atoms with Gasteiger partial charge in [-0.05, 0) is 75.8 Å². The van der Waals surface area contributed by atoms with Gasteiger partial charge in [-0.15, -0.1) is 0 Å². The van der Waals surface area contributed by atoms with Crippen molar-refractivity contribution < 1.29 is 22.8 Å². The Morgan fingerprint density at radius 2 is 1.45 bits per heavy atom. The highest BCUT2D eigenvalue weighted by Gasteiger charge is 2.40. The summed E-state index contributed by atoms with van der Waals surface area (Å²) < 4.78 is 39.4. The maximum absolute atomic E-state index is 13.1. The van der Waals surface area contributed by atoms with Crippen LogP contribution in [-0.4, -0.2) is 39.8 Å². The van der Waals surface area contributed by atoms with Crippen LogP contribution in [0.1, 0.15) is 33.3 Å². The maximum atomic E-state index is 13.1. The highest BCUT2D eigenvalue weighted by Crippen LogP contribution is 2.36. The van der Waals surface area contributed by atoms with E-state index in [0.717, 1.165) is 12.1 Å². The quantitative estimate of drug-likeness (QED) is 0.384. The fraction of sp³-hybridized carbons (Fsp3) is 0.318. The van der Waals surface area contributed by atoms with E-state index >= 15 is 0 Å². The van der Waals surface area contributed by atoms with Gasteiger partial charge in [-0.1, -0.05) is 6.07 Å². The molecule has 0 aromatic heterocycles. The molecule has 0 aliphatic carbocycles. The number of thiocarbonyl (C=S) groups is 1. The van der Waals surface area contributed by atoms with Crippen molar-refractivity contribution in [1.82, 2.24) is 9.80 Å². The van der Waals surface area contributed by atoms with Crippen LogP contribution < -0.4 is 4.90 Å². The van der Waals surface area contributed by atoms with Gasteiger partial charge >= 0.3 is 6.18 Å². The number of anilines is 1. The first kappa shape index (κ1) is 22.7. The van der Waals surface area contributed by atoms with Crippen LogP contribution in [0.2, 0.25) is 0 Å². The normalized spacial score (nSPS) is 18.0. The first-order chi connectivity index (χ1) is 14.5. The van der Waals surface area contributed by atoms with Crippen LogP contribution in [0, 0.1) is 0 Å². The number of benzene rings is 1. The summed E-state index contributed by atoms with van der Waals surface area (Å²) in [5.74, 6) is -0.948. The third-order valence-corrected chi connectivity index (χ3v) is 5.61. The summed E-state index contributed by atoms with van der Waals surface area (Å²) in [6.07, 6.45) is -1.19. The molecule has 3 rings (SSSR count). The first-order valence-corrected chi connectivity index (χ1v) is 10.2. The predicted octanol–water partition coefficient (Wildman–Crippen LogP) is 4.63. The second kappa shape index (κ2) is 8.30. The number of amides is 2. The topological polar surface area (TPSA) is 43.9 Å². The monoisotopic (exact) mass is 449 g/mol. The van der Waals surface area contributed by atoms with Crippen molar-refractivity contribution in [1.29, 1.82) is 0 Å². The summed E-state index contributed by atoms with van der Waals surface area (Å²) in [4.78, 5) is 30.4. The van der Waals surface area contributed by atoms with Gasteiger partial charge in [-0.25, -0.2) is 0 Å². The molecule has 5 nitrogen and oxygen atoms in total. The molecule has 2 heterocycles. The number of alkyl halides is 3. The minimum Gasteiger partial charge on any atom is -0.318 e. The Labute approximate surface area is 184 Å². The summed E-state index contributed by atoms with van der Waals surface area (Å²) in [6.45, 7) is 7.62. The lowest BCUT2D eigenvalue weighted by atomic mass is 9.98. The molecule has 2 aliphatic rings. The lowest BCUT2D eigenvalue weighted by Crippen LogP contribution is -2.56. The van der Waals surface area contributed by atoms with E-state index in [9.17, 15) is 22.8 Å². The van der Waals surface area contributed by atoms with Gasteiger partial charge < -0.3 is 4.90 Å². The number of carbonyl (C=O) groups excluding carboxylic acids is 2. The van der Waals surface area contributed by atoms with Crippen molar-refractivity contribution in [2.24, 2.45) is 0 Å². The standard InChI is InChI=1S/C22H22F3N3O2S/c1-5-26-19(29)18(20(30)27(6-2)21(26)31)15-10-13(3)28(14(4)11-15)17-9-7-8-16(12-17)22(23,24)25/h7-12H,5-6H2,1-4H3. The zero-order chi connectivity index (χ0) is 23.1. The van der Waals surface area contributed by atoms with Gasteiger partial charge in [-0.3, -0.25) is 19.4 Å². The fourth-order valence-electron chi connectivity index (χ4n) is 3.76. The van der Waals surface area contributed by atoms with E-state index in [0.29, 0.717) is 35.7 Å². The molecule has 1 fully saturated rings. The molecule has 31 heavy (non-hydrogen) atoms. The van der Waals surface area contributed by atoms with Crippen molar-refractivity contribution >= 4 is 34.8 Å². The number of hydrogen-bond acceptors (Lipinski definition) is 4. The van der Waals surface area contributed by atoms with E-state index in [4.69, 9.17) is 12.2 Å². The van der Waals surface area contributed by atoms with E-state index in [1.165, 1.54) is 15.9 Å². The summed E-state index contributed by atoms with van der Waals surface area (Å²) in [6, 6.07) is 5.01. The van der Waals surface area contributed by atoms with Crippen LogP contribution in [-0.2, 0) is 15.8 Å². The summed E-state index contributed by atoms with van der Waals surface area (Å²) in [5.41, 5.74) is 1.17. The lowest BCUT2D eigenvalue weighted by Gasteiger charge is -2.37. The molecule has 164 valence electrons. The number of nitrogens with zero attached hydrogens (tertiary/aromatic N) is 3. The van der Waals surface area contributed by atoms with E-state index in [1.54, 1.807) is 50.8 Å². The first-order valence-electron chi connectivity index (χ1n) is 9.77. The number of allylic oxidation sites excluding steroid dienone is 5. The molecule has 0 spiro atoms. The molecule has 2 aliphatic heterocycles. The molecule has 2 amide bonds. The third-order valence-electron chi connectivity index (χ3n) is 5.17. The molecule has 1 saturated heterocycles. The van der Waals surface area contributed by atoms with E-state index in [1.807, 2.05) is 0 Å². The van der Waals surface area contributed by atoms with E-state index in [2.05, 4.69) is 0 Å². The largest absolute Gasteiger partial charge is 0.416 e. The van der Waals surface area contributed by atoms with Crippen molar-refractivity contribution in [2.75, 3.05) is 18.0 Å². The Kier molecular flexibility index (Phi) is 6.09. The van der Waals surface area contributed by atoms with Gasteiger partial charge in [0.1, 0.15) is 5.57 Å². The minimum absolute atomic E-state index is 0.000285. The molecule has 0 bridgehead atoms. The summed E-state index contributed by atoms with van der Waals surface area (Å²) in [5, 5.41) is 0.173. The molecule has 1 aromatic rings. The smallest absolute Gasteiger partial charge is 0.318 e. The zero-order valence-electron chi connectivity index (χ0n) is 17.6. The minimum atomic E-state index is -4.46. The van der Waals surface area contributed by atoms with Gasteiger partial charge in [0.25, 0.3) is 11.8 Å². The second-order valence-corrected chi connectivity index (χ2v) is 7.53. The van der Waals surface area contributed by atoms with Crippen molar-refractivity contribution in [3.05, 3.63) is 64.5 Å². The molecular formula is C22H22F3N3O2S. The van der Waals surface area contributed by atoms with Crippen molar-refractivity contribution in [3.8, 4) is 0 Å². The molecular weight excluding hydrogens is 427 g/mol. The molecule has 0 unspecified atom stereocenters. The van der Waals surface area contributed by atoms with Crippen LogP contribution in [0.3, 0.4) is 0 Å². The lowest BCUT2D eigenvalue weighted by molar-refractivity contribution is -0.137. The fourth-order valence-corrected chi connectivity index (χ4v) is 4.18. The Morgan fingerprint density at radius 1 is 0.935 bits per heavy atom. The van der Waals surface area contributed by atoms with E-state index < -0.39 is 23.6 Å². The Balaban J connectivity index is 2.09. The number of likely N-dealkylation sites (N-methyl/N-ethyl adjacent to an activating group) is 2. The number of carbonyl (C=O) groups is 2.